The monoisotopic (exact) mass is 185 g/mol. The van der Waals surface area contributed by atoms with E-state index in [9.17, 15) is 5.11 Å². The van der Waals surface area contributed by atoms with Gasteiger partial charge in [0, 0.05) is 16.6 Å². The van der Waals surface area contributed by atoms with Crippen LogP contribution in [0.4, 0.5) is 0 Å². The van der Waals surface area contributed by atoms with Gasteiger partial charge in [-0.1, -0.05) is 17.7 Å². The topological polar surface area (TPSA) is 32.3 Å². The Morgan fingerprint density at radius 1 is 1.50 bits per heavy atom. The van der Waals surface area contributed by atoms with Gasteiger partial charge in [0.05, 0.1) is 0 Å². The lowest BCUT2D eigenvalue weighted by Crippen LogP contribution is -2.12. The van der Waals surface area contributed by atoms with Crippen LogP contribution in [0.15, 0.2) is 18.2 Å². The van der Waals surface area contributed by atoms with Crippen LogP contribution < -0.4 is 5.32 Å². The molecule has 12 heavy (non-hydrogen) atoms. The minimum Gasteiger partial charge on any atom is -0.508 e. The van der Waals surface area contributed by atoms with Gasteiger partial charge < -0.3 is 10.4 Å². The number of rotatable bonds is 2. The molecule has 1 rings (SSSR count). The highest BCUT2D eigenvalue weighted by Crippen LogP contribution is 2.30. The quantitative estimate of drug-likeness (QED) is 0.741. The zero-order chi connectivity index (χ0) is 9.14. The van der Waals surface area contributed by atoms with Gasteiger partial charge in [-0.3, -0.25) is 0 Å². The maximum atomic E-state index is 9.47. The Bertz CT molecular complexity index is 255. The molecule has 0 fully saturated rings. The lowest BCUT2D eigenvalue weighted by molar-refractivity contribution is 0.458. The van der Waals surface area contributed by atoms with E-state index in [0.717, 1.165) is 5.56 Å². The van der Waals surface area contributed by atoms with Gasteiger partial charge >= 0.3 is 0 Å². The minimum atomic E-state index is 0.0682. The minimum absolute atomic E-state index is 0.0682. The van der Waals surface area contributed by atoms with Gasteiger partial charge in [0.25, 0.3) is 0 Å². The van der Waals surface area contributed by atoms with E-state index in [4.69, 9.17) is 11.6 Å². The molecule has 0 aliphatic rings. The van der Waals surface area contributed by atoms with E-state index in [1.165, 1.54) is 0 Å². The molecule has 1 aromatic carbocycles. The van der Waals surface area contributed by atoms with E-state index in [1.807, 2.05) is 14.0 Å². The molecule has 0 heterocycles. The summed E-state index contributed by atoms with van der Waals surface area (Å²) in [6.45, 7) is 1.95. The van der Waals surface area contributed by atoms with Gasteiger partial charge in [-0.05, 0) is 26.1 Å². The molecule has 0 radical (unpaired) electrons. The SMILES string of the molecule is CN[C@H](C)c1c(O)cccc1Cl. The summed E-state index contributed by atoms with van der Waals surface area (Å²) < 4.78 is 0. The number of hydrogen-bond acceptors (Lipinski definition) is 2. The molecule has 1 aromatic rings. The smallest absolute Gasteiger partial charge is 0.121 e. The highest BCUT2D eigenvalue weighted by Gasteiger charge is 2.11. The molecule has 3 heteroatoms. The van der Waals surface area contributed by atoms with Crippen LogP contribution in [-0.4, -0.2) is 12.2 Å². The molecule has 0 aliphatic heterocycles. The highest BCUT2D eigenvalue weighted by molar-refractivity contribution is 6.31. The molecule has 1 atom stereocenters. The summed E-state index contributed by atoms with van der Waals surface area (Å²) in [6, 6.07) is 5.20. The van der Waals surface area contributed by atoms with Crippen molar-refractivity contribution < 1.29 is 5.11 Å². The number of aromatic hydroxyl groups is 1. The van der Waals surface area contributed by atoms with Gasteiger partial charge in [0.15, 0.2) is 0 Å². The van der Waals surface area contributed by atoms with Crippen molar-refractivity contribution in [2.24, 2.45) is 0 Å². The van der Waals surface area contributed by atoms with Gasteiger partial charge in [-0.25, -0.2) is 0 Å². The normalized spacial score (nSPS) is 12.9. The van der Waals surface area contributed by atoms with Crippen LogP contribution in [0, 0.1) is 0 Å². The van der Waals surface area contributed by atoms with Gasteiger partial charge in [-0.2, -0.15) is 0 Å². The predicted molar refractivity (Wildman–Crippen MR) is 50.6 cm³/mol. The zero-order valence-corrected chi connectivity index (χ0v) is 7.89. The second-order valence-corrected chi connectivity index (χ2v) is 3.09. The molecule has 0 spiro atoms. The Morgan fingerprint density at radius 2 is 2.17 bits per heavy atom. The number of phenolic OH excluding ortho intramolecular Hbond substituents is 1. The molecule has 0 saturated heterocycles. The summed E-state index contributed by atoms with van der Waals surface area (Å²) in [5.41, 5.74) is 0.752. The van der Waals surface area contributed by atoms with Crippen LogP contribution in [-0.2, 0) is 0 Å². The van der Waals surface area contributed by atoms with E-state index >= 15 is 0 Å². The first-order valence-electron chi connectivity index (χ1n) is 3.81. The van der Waals surface area contributed by atoms with Crippen molar-refractivity contribution in [1.29, 1.82) is 0 Å². The maximum Gasteiger partial charge on any atom is 0.121 e. The lowest BCUT2D eigenvalue weighted by atomic mass is 10.1. The Balaban J connectivity index is 3.12. The summed E-state index contributed by atoms with van der Waals surface area (Å²) in [5.74, 6) is 0.240. The van der Waals surface area contributed by atoms with Gasteiger partial charge in [0.2, 0.25) is 0 Å². The van der Waals surface area contributed by atoms with Crippen LogP contribution in [0.3, 0.4) is 0 Å². The van der Waals surface area contributed by atoms with Crippen LogP contribution in [0.25, 0.3) is 0 Å². The number of halogens is 1. The van der Waals surface area contributed by atoms with E-state index < -0.39 is 0 Å². The van der Waals surface area contributed by atoms with Crippen molar-refractivity contribution in [3.8, 4) is 5.75 Å². The summed E-state index contributed by atoms with van der Waals surface area (Å²) in [5, 5.41) is 13.1. The molecule has 2 nitrogen and oxygen atoms in total. The second kappa shape index (κ2) is 3.78. The second-order valence-electron chi connectivity index (χ2n) is 2.68. The van der Waals surface area contributed by atoms with E-state index in [0.29, 0.717) is 5.02 Å². The van der Waals surface area contributed by atoms with Crippen molar-refractivity contribution in [3.05, 3.63) is 28.8 Å². The molecular formula is C9H12ClNO. The molecule has 0 amide bonds. The molecule has 2 N–H and O–H groups in total. The largest absolute Gasteiger partial charge is 0.508 e. The summed E-state index contributed by atoms with van der Waals surface area (Å²) in [7, 11) is 1.83. The fraction of sp³-hybridized carbons (Fsp3) is 0.333. The average molecular weight is 186 g/mol. The third-order valence-corrected chi connectivity index (χ3v) is 2.23. The molecule has 0 bridgehead atoms. The Morgan fingerprint density at radius 3 is 2.67 bits per heavy atom. The molecule has 0 aromatic heterocycles. The first-order chi connectivity index (χ1) is 5.66. The number of nitrogens with one attached hydrogen (secondary N) is 1. The third kappa shape index (κ3) is 1.71. The van der Waals surface area contributed by atoms with Crippen LogP contribution in [0.1, 0.15) is 18.5 Å². The van der Waals surface area contributed by atoms with Crippen molar-refractivity contribution in [3.63, 3.8) is 0 Å². The molecule has 0 aliphatic carbocycles. The number of hydrogen-bond donors (Lipinski definition) is 2. The standard InChI is InChI=1S/C9H12ClNO/c1-6(11-2)9-7(10)4-3-5-8(9)12/h3-6,11-12H,1-2H3/t6-/m1/s1. The van der Waals surface area contributed by atoms with Crippen molar-refractivity contribution in [1.82, 2.24) is 5.32 Å². The first kappa shape index (κ1) is 9.36. The van der Waals surface area contributed by atoms with Crippen LogP contribution >= 0.6 is 11.6 Å². The highest BCUT2D eigenvalue weighted by atomic mass is 35.5. The van der Waals surface area contributed by atoms with E-state index in [1.54, 1.807) is 18.2 Å². The number of benzene rings is 1. The molecule has 66 valence electrons. The summed E-state index contributed by atoms with van der Waals surface area (Å²) in [4.78, 5) is 0. The van der Waals surface area contributed by atoms with Crippen molar-refractivity contribution in [2.75, 3.05) is 7.05 Å². The van der Waals surface area contributed by atoms with Crippen molar-refractivity contribution in [2.45, 2.75) is 13.0 Å². The fourth-order valence-electron chi connectivity index (χ4n) is 1.10. The summed E-state index contributed by atoms with van der Waals surface area (Å²) in [6.07, 6.45) is 0. The molecule has 0 saturated carbocycles. The van der Waals surface area contributed by atoms with Crippen LogP contribution in [0.2, 0.25) is 5.02 Å². The van der Waals surface area contributed by atoms with E-state index in [-0.39, 0.29) is 11.8 Å². The van der Waals surface area contributed by atoms with Crippen molar-refractivity contribution >= 4 is 11.6 Å². The van der Waals surface area contributed by atoms with Gasteiger partial charge in [-0.15, -0.1) is 0 Å². The Kier molecular flexibility index (Phi) is 2.95. The predicted octanol–water partition coefficient (Wildman–Crippen LogP) is 2.33. The van der Waals surface area contributed by atoms with Gasteiger partial charge in [0.1, 0.15) is 5.75 Å². The lowest BCUT2D eigenvalue weighted by Gasteiger charge is -2.13. The van der Waals surface area contributed by atoms with Crippen LogP contribution in [0.5, 0.6) is 5.75 Å². The summed E-state index contributed by atoms with van der Waals surface area (Å²) >= 11 is 5.90. The number of phenols is 1. The molecule has 0 unspecified atom stereocenters. The Labute approximate surface area is 77.2 Å². The third-order valence-electron chi connectivity index (χ3n) is 1.90. The maximum absolute atomic E-state index is 9.47. The fourth-order valence-corrected chi connectivity index (χ4v) is 1.43. The average Bonchev–Trinajstić information content (AvgIpc) is 2.03. The Hall–Kier alpha value is -0.730. The van der Waals surface area contributed by atoms with E-state index in [2.05, 4.69) is 5.32 Å². The first-order valence-corrected chi connectivity index (χ1v) is 4.19. The zero-order valence-electron chi connectivity index (χ0n) is 7.13. The molecular weight excluding hydrogens is 174 g/mol.